The van der Waals surface area contributed by atoms with Crippen LogP contribution in [0.25, 0.3) is 10.9 Å². The summed E-state index contributed by atoms with van der Waals surface area (Å²) in [6.45, 7) is 0.914. The van der Waals surface area contributed by atoms with Crippen LogP contribution in [0.1, 0.15) is 18.4 Å². The molecule has 1 heterocycles. The first-order valence-electron chi connectivity index (χ1n) is 6.12. The van der Waals surface area contributed by atoms with E-state index in [1.54, 1.807) is 6.20 Å². The largest absolute Gasteiger partial charge is 0.394 e. The topological polar surface area (TPSA) is 45.1 Å². The van der Waals surface area contributed by atoms with Crippen LogP contribution in [0.4, 0.5) is 0 Å². The summed E-state index contributed by atoms with van der Waals surface area (Å²) >= 11 is 6.16. The Morgan fingerprint density at radius 1 is 1.33 bits per heavy atom. The lowest BCUT2D eigenvalue weighted by Crippen LogP contribution is -2.34. The Bertz CT molecular complexity index is 581. The van der Waals surface area contributed by atoms with Gasteiger partial charge in [0.25, 0.3) is 0 Å². The second-order valence-corrected chi connectivity index (χ2v) is 5.31. The summed E-state index contributed by atoms with van der Waals surface area (Å²) in [6.07, 6.45) is 3.87. The lowest BCUT2D eigenvalue weighted by molar-refractivity contribution is 0.230. The van der Waals surface area contributed by atoms with E-state index in [2.05, 4.69) is 10.3 Å². The van der Waals surface area contributed by atoms with Gasteiger partial charge in [0.2, 0.25) is 0 Å². The number of fused-ring (bicyclic) bond motifs is 1. The van der Waals surface area contributed by atoms with Crippen molar-refractivity contribution in [1.29, 1.82) is 0 Å². The van der Waals surface area contributed by atoms with Gasteiger partial charge in [-0.3, -0.25) is 4.98 Å². The highest BCUT2D eigenvalue weighted by Crippen LogP contribution is 2.35. The average molecular weight is 263 g/mol. The molecule has 0 spiro atoms. The molecular formula is C14H15ClN2O. The molecular weight excluding hydrogens is 248 g/mol. The fourth-order valence-corrected chi connectivity index (χ4v) is 2.38. The van der Waals surface area contributed by atoms with Gasteiger partial charge in [0.1, 0.15) is 0 Å². The van der Waals surface area contributed by atoms with Crippen LogP contribution < -0.4 is 5.32 Å². The summed E-state index contributed by atoms with van der Waals surface area (Å²) in [6, 6.07) is 7.77. The molecule has 94 valence electrons. The quantitative estimate of drug-likeness (QED) is 0.890. The minimum atomic E-state index is -0.0548. The van der Waals surface area contributed by atoms with E-state index in [4.69, 9.17) is 11.6 Å². The summed E-state index contributed by atoms with van der Waals surface area (Å²) in [5.41, 5.74) is 2.00. The number of halogens is 1. The van der Waals surface area contributed by atoms with Gasteiger partial charge >= 0.3 is 0 Å². The highest BCUT2D eigenvalue weighted by atomic mass is 35.5. The molecule has 0 amide bonds. The number of hydrogen-bond acceptors (Lipinski definition) is 3. The van der Waals surface area contributed by atoms with Gasteiger partial charge in [-0.05, 0) is 36.6 Å². The van der Waals surface area contributed by atoms with Crippen molar-refractivity contribution in [3.63, 3.8) is 0 Å². The summed E-state index contributed by atoms with van der Waals surface area (Å²) in [4.78, 5) is 4.40. The number of hydrogen-bond donors (Lipinski definition) is 2. The third kappa shape index (κ3) is 2.09. The maximum atomic E-state index is 9.29. The highest BCUT2D eigenvalue weighted by Gasteiger charge is 2.41. The molecule has 2 N–H and O–H groups in total. The third-order valence-corrected chi connectivity index (χ3v) is 3.94. The van der Waals surface area contributed by atoms with Crippen LogP contribution in [0.15, 0.2) is 30.5 Å². The van der Waals surface area contributed by atoms with E-state index in [1.807, 2.05) is 24.3 Å². The summed E-state index contributed by atoms with van der Waals surface area (Å²) in [7, 11) is 0. The normalized spacial score (nSPS) is 17.0. The van der Waals surface area contributed by atoms with Gasteiger partial charge in [-0.25, -0.2) is 0 Å². The van der Waals surface area contributed by atoms with Crippen molar-refractivity contribution in [3.8, 4) is 0 Å². The van der Waals surface area contributed by atoms with Gasteiger partial charge in [0, 0.05) is 28.7 Å². The van der Waals surface area contributed by atoms with E-state index in [-0.39, 0.29) is 12.1 Å². The van der Waals surface area contributed by atoms with Gasteiger partial charge in [-0.15, -0.1) is 0 Å². The van der Waals surface area contributed by atoms with Crippen LogP contribution >= 0.6 is 11.6 Å². The van der Waals surface area contributed by atoms with E-state index in [1.165, 1.54) is 0 Å². The maximum Gasteiger partial charge on any atom is 0.0761 e. The predicted octanol–water partition coefficient (Wildman–Crippen LogP) is 2.50. The molecule has 0 atom stereocenters. The lowest BCUT2D eigenvalue weighted by atomic mass is 10.1. The molecule has 1 aromatic heterocycles. The Kier molecular flexibility index (Phi) is 2.98. The van der Waals surface area contributed by atoms with Crippen molar-refractivity contribution in [1.82, 2.24) is 10.3 Å². The van der Waals surface area contributed by atoms with Crippen molar-refractivity contribution in [3.05, 3.63) is 41.0 Å². The number of benzene rings is 1. The van der Waals surface area contributed by atoms with Crippen molar-refractivity contribution in [2.24, 2.45) is 0 Å². The minimum absolute atomic E-state index is 0.0548. The smallest absolute Gasteiger partial charge is 0.0761 e. The van der Waals surface area contributed by atoms with E-state index in [9.17, 15) is 5.11 Å². The zero-order chi connectivity index (χ0) is 12.6. The zero-order valence-electron chi connectivity index (χ0n) is 9.99. The van der Waals surface area contributed by atoms with Crippen LogP contribution in [-0.4, -0.2) is 22.2 Å². The van der Waals surface area contributed by atoms with E-state index in [0.29, 0.717) is 6.54 Å². The molecule has 0 aliphatic heterocycles. The average Bonchev–Trinajstić information content (AvgIpc) is 3.19. The van der Waals surface area contributed by atoms with Gasteiger partial charge < -0.3 is 10.4 Å². The van der Waals surface area contributed by atoms with Crippen molar-refractivity contribution >= 4 is 22.5 Å². The molecule has 0 saturated heterocycles. The minimum Gasteiger partial charge on any atom is -0.394 e. The SMILES string of the molecule is OCC1(NCc2ccc(Cl)c3cccnc23)CC1. The Hall–Kier alpha value is -1.16. The molecule has 1 aliphatic rings. The molecule has 0 radical (unpaired) electrons. The first kappa shape index (κ1) is 11.9. The second kappa shape index (κ2) is 4.50. The number of aromatic nitrogens is 1. The second-order valence-electron chi connectivity index (χ2n) is 4.90. The number of nitrogens with zero attached hydrogens (tertiary/aromatic N) is 1. The molecule has 1 aliphatic carbocycles. The van der Waals surface area contributed by atoms with Crippen LogP contribution in [-0.2, 0) is 6.54 Å². The van der Waals surface area contributed by atoms with E-state index >= 15 is 0 Å². The first-order valence-corrected chi connectivity index (χ1v) is 6.50. The Morgan fingerprint density at radius 2 is 2.17 bits per heavy atom. The maximum absolute atomic E-state index is 9.29. The van der Waals surface area contributed by atoms with Crippen LogP contribution in [0, 0.1) is 0 Å². The van der Waals surface area contributed by atoms with Crippen LogP contribution in [0.2, 0.25) is 5.02 Å². The number of rotatable bonds is 4. The lowest BCUT2D eigenvalue weighted by Gasteiger charge is -2.15. The Morgan fingerprint density at radius 3 is 2.89 bits per heavy atom. The fourth-order valence-electron chi connectivity index (χ4n) is 2.16. The fraction of sp³-hybridized carbons (Fsp3) is 0.357. The first-order chi connectivity index (χ1) is 8.74. The molecule has 0 bridgehead atoms. The molecule has 1 fully saturated rings. The molecule has 3 nitrogen and oxygen atoms in total. The van der Waals surface area contributed by atoms with Crippen molar-refractivity contribution < 1.29 is 5.11 Å². The monoisotopic (exact) mass is 262 g/mol. The number of aliphatic hydroxyl groups is 1. The van der Waals surface area contributed by atoms with Crippen molar-refractivity contribution in [2.75, 3.05) is 6.61 Å². The third-order valence-electron chi connectivity index (χ3n) is 3.61. The summed E-state index contributed by atoms with van der Waals surface area (Å²) < 4.78 is 0. The molecule has 1 saturated carbocycles. The molecule has 4 heteroatoms. The number of pyridine rings is 1. The molecule has 3 rings (SSSR count). The van der Waals surface area contributed by atoms with Crippen LogP contribution in [0.3, 0.4) is 0 Å². The van der Waals surface area contributed by atoms with Gasteiger partial charge in [0.15, 0.2) is 0 Å². The molecule has 1 aromatic carbocycles. The highest BCUT2D eigenvalue weighted by molar-refractivity contribution is 6.35. The predicted molar refractivity (Wildman–Crippen MR) is 72.6 cm³/mol. The molecule has 2 aromatic rings. The summed E-state index contributed by atoms with van der Waals surface area (Å²) in [5, 5.41) is 14.4. The van der Waals surface area contributed by atoms with Crippen LogP contribution in [0.5, 0.6) is 0 Å². The van der Waals surface area contributed by atoms with Gasteiger partial charge in [0.05, 0.1) is 12.1 Å². The zero-order valence-corrected chi connectivity index (χ0v) is 10.7. The summed E-state index contributed by atoms with van der Waals surface area (Å²) in [5.74, 6) is 0. The van der Waals surface area contributed by atoms with Gasteiger partial charge in [-0.2, -0.15) is 0 Å². The van der Waals surface area contributed by atoms with E-state index < -0.39 is 0 Å². The number of nitrogens with one attached hydrogen (secondary N) is 1. The van der Waals surface area contributed by atoms with E-state index in [0.717, 1.165) is 34.3 Å². The number of aliphatic hydroxyl groups excluding tert-OH is 1. The molecule has 18 heavy (non-hydrogen) atoms. The van der Waals surface area contributed by atoms with Gasteiger partial charge in [-0.1, -0.05) is 17.7 Å². The Labute approximate surface area is 111 Å². The Balaban J connectivity index is 1.90. The molecule has 0 unspecified atom stereocenters. The standard InChI is InChI=1S/C14H15ClN2O/c15-12-4-3-10(8-17-14(9-18)5-6-14)13-11(12)2-1-7-16-13/h1-4,7,17-18H,5-6,8-9H2. The van der Waals surface area contributed by atoms with Crippen molar-refractivity contribution in [2.45, 2.75) is 24.9 Å².